The lowest BCUT2D eigenvalue weighted by atomic mass is 9.45. The zero-order valence-corrected chi connectivity index (χ0v) is 24.5. The molecule has 0 radical (unpaired) electrons. The summed E-state index contributed by atoms with van der Waals surface area (Å²) in [6.45, 7) is 8.08. The van der Waals surface area contributed by atoms with Gasteiger partial charge in [-0.15, -0.1) is 0 Å². The van der Waals surface area contributed by atoms with Crippen LogP contribution in [0, 0.1) is 16.7 Å². The highest BCUT2D eigenvalue weighted by Crippen LogP contribution is 2.64. The molecule has 5 rings (SSSR count). The lowest BCUT2D eigenvalue weighted by Crippen LogP contribution is -2.81. The van der Waals surface area contributed by atoms with Crippen molar-refractivity contribution in [3.05, 3.63) is 47.0 Å². The van der Waals surface area contributed by atoms with Gasteiger partial charge in [0, 0.05) is 32.1 Å². The first-order valence-corrected chi connectivity index (χ1v) is 14.1. The van der Waals surface area contributed by atoms with Crippen LogP contribution in [0.3, 0.4) is 0 Å². The third-order valence-electron chi connectivity index (χ3n) is 10.1. The fourth-order valence-corrected chi connectivity index (χ4v) is 7.87. The molecular weight excluding hydrogens is 551 g/mol. The number of aliphatic hydroxyl groups excluding tert-OH is 1. The third kappa shape index (κ3) is 4.07. The van der Waals surface area contributed by atoms with Gasteiger partial charge in [0.2, 0.25) is 0 Å². The zero-order valence-electron chi connectivity index (χ0n) is 24.5. The van der Waals surface area contributed by atoms with Crippen molar-refractivity contribution in [1.82, 2.24) is 0 Å². The van der Waals surface area contributed by atoms with E-state index in [2.05, 4.69) is 0 Å². The molecule has 1 heterocycles. The summed E-state index contributed by atoms with van der Waals surface area (Å²) in [6, 6.07) is 7.94. The molecule has 0 amide bonds. The molecule has 1 aromatic rings. The SMILES string of the molecule is CC(=O)OC1C(=O)C2(C)C(F)CC3OC[C@@]3(OC(C)=O)C2[C@H](OC(=O)c2ccccc2)[C@]2(O)C[C@H](O)C(C)=C1C2(C)C. The monoisotopic (exact) mass is 588 g/mol. The number of benzene rings is 1. The third-order valence-corrected chi connectivity index (χ3v) is 10.1. The van der Waals surface area contributed by atoms with E-state index in [1.807, 2.05) is 0 Å². The minimum Gasteiger partial charge on any atom is -0.455 e. The van der Waals surface area contributed by atoms with Crippen molar-refractivity contribution in [1.29, 1.82) is 0 Å². The number of rotatable bonds is 4. The van der Waals surface area contributed by atoms with Crippen LogP contribution in [0.2, 0.25) is 0 Å². The van der Waals surface area contributed by atoms with Gasteiger partial charge in [-0.25, -0.2) is 9.18 Å². The number of esters is 3. The Labute approximate surface area is 243 Å². The number of fused-ring (bicyclic) bond motifs is 5. The highest BCUT2D eigenvalue weighted by atomic mass is 19.1. The van der Waals surface area contributed by atoms with Crippen LogP contribution in [-0.4, -0.2) is 82.3 Å². The number of carbonyl (C=O) groups excluding carboxylic acids is 4. The molecule has 10 nitrogen and oxygen atoms in total. The van der Waals surface area contributed by atoms with E-state index in [0.29, 0.717) is 0 Å². The Morgan fingerprint density at radius 1 is 1.05 bits per heavy atom. The number of carbonyl (C=O) groups is 4. The van der Waals surface area contributed by atoms with Crippen molar-refractivity contribution in [3.63, 3.8) is 0 Å². The summed E-state index contributed by atoms with van der Waals surface area (Å²) in [5.41, 5.74) is -6.90. The van der Waals surface area contributed by atoms with Crippen molar-refractivity contribution in [2.75, 3.05) is 6.61 Å². The molecule has 11 heteroatoms. The first-order chi connectivity index (χ1) is 19.5. The van der Waals surface area contributed by atoms with Crippen molar-refractivity contribution in [3.8, 4) is 0 Å². The predicted octanol–water partition coefficient (Wildman–Crippen LogP) is 2.63. The fraction of sp³-hybridized carbons (Fsp3) is 0.613. The molecule has 5 unspecified atom stereocenters. The Hall–Kier alpha value is -3.15. The maximum Gasteiger partial charge on any atom is 0.338 e. The minimum absolute atomic E-state index is 0.102. The van der Waals surface area contributed by atoms with Gasteiger partial charge in [-0.1, -0.05) is 32.0 Å². The van der Waals surface area contributed by atoms with Crippen LogP contribution in [0.1, 0.15) is 64.7 Å². The van der Waals surface area contributed by atoms with Gasteiger partial charge >= 0.3 is 17.9 Å². The maximum absolute atomic E-state index is 16.6. The average molecular weight is 589 g/mol. The predicted molar refractivity (Wildman–Crippen MR) is 144 cm³/mol. The maximum atomic E-state index is 16.6. The molecule has 0 spiro atoms. The fourth-order valence-electron chi connectivity index (χ4n) is 7.87. The van der Waals surface area contributed by atoms with E-state index in [1.54, 1.807) is 39.0 Å². The quantitative estimate of drug-likeness (QED) is 0.306. The minimum atomic E-state index is -2.17. The second-order valence-electron chi connectivity index (χ2n) is 12.7. The van der Waals surface area contributed by atoms with E-state index in [4.69, 9.17) is 18.9 Å². The van der Waals surface area contributed by atoms with E-state index in [0.717, 1.165) is 13.8 Å². The lowest BCUT2D eigenvalue weighted by Gasteiger charge is -2.67. The Balaban J connectivity index is 1.84. The summed E-state index contributed by atoms with van der Waals surface area (Å²) in [4.78, 5) is 53.3. The number of hydrogen-bond acceptors (Lipinski definition) is 10. The number of ketones is 1. The van der Waals surface area contributed by atoms with Gasteiger partial charge in [0.1, 0.15) is 24.0 Å². The van der Waals surface area contributed by atoms with Crippen LogP contribution in [0.25, 0.3) is 0 Å². The number of alkyl halides is 1. The van der Waals surface area contributed by atoms with Crippen LogP contribution in [0.5, 0.6) is 0 Å². The zero-order chi connectivity index (χ0) is 31.0. The molecule has 3 aliphatic carbocycles. The Morgan fingerprint density at radius 2 is 1.69 bits per heavy atom. The molecule has 4 aliphatic rings. The number of Topliss-reactive ketones (excluding diaryl/α,β-unsaturated/α-hetero) is 1. The standard InChI is InChI=1S/C31H37FO10/c1-15-19(35)13-31(38)26(41-27(37)18-10-8-7-9-11-18)24-29(6,20(32)12-21-30(24,14-39-21)42-17(3)34)25(36)23(40-16(2)33)22(15)28(31,4)5/h7-11,19-21,23-24,26,35,38H,12-14H2,1-6H3/t19-,20?,21?,23?,24?,26-,29?,30-,31+/m0/s1. The van der Waals surface area contributed by atoms with Crippen molar-refractivity contribution < 1.29 is 52.7 Å². The Morgan fingerprint density at radius 3 is 2.24 bits per heavy atom. The summed E-state index contributed by atoms with van der Waals surface area (Å²) in [7, 11) is 0. The van der Waals surface area contributed by atoms with E-state index in [9.17, 15) is 29.4 Å². The van der Waals surface area contributed by atoms with Crippen LogP contribution < -0.4 is 0 Å². The average Bonchev–Trinajstić information content (AvgIpc) is 2.90. The molecule has 1 aliphatic heterocycles. The normalized spacial score (nSPS) is 40.4. The van der Waals surface area contributed by atoms with E-state index >= 15 is 4.39 Å². The van der Waals surface area contributed by atoms with Gasteiger partial charge in [0.05, 0.1) is 29.6 Å². The lowest BCUT2D eigenvalue weighted by molar-refractivity contribution is -0.341. The van der Waals surface area contributed by atoms with Gasteiger partial charge in [-0.2, -0.15) is 0 Å². The topological polar surface area (TPSA) is 146 Å². The molecule has 3 fully saturated rings. The molecule has 2 N–H and O–H groups in total. The van der Waals surface area contributed by atoms with Gasteiger partial charge in [-0.3, -0.25) is 14.4 Å². The van der Waals surface area contributed by atoms with Crippen LogP contribution in [0.15, 0.2) is 41.5 Å². The van der Waals surface area contributed by atoms with Crippen molar-refractivity contribution >= 4 is 23.7 Å². The summed E-state index contributed by atoms with van der Waals surface area (Å²) >= 11 is 0. The van der Waals surface area contributed by atoms with E-state index in [-0.39, 0.29) is 36.2 Å². The van der Waals surface area contributed by atoms with Crippen LogP contribution in [0.4, 0.5) is 4.39 Å². The summed E-state index contributed by atoms with van der Waals surface area (Å²) < 4.78 is 39.8. The van der Waals surface area contributed by atoms with Gasteiger partial charge in [-0.05, 0) is 37.1 Å². The van der Waals surface area contributed by atoms with Crippen LogP contribution in [-0.2, 0) is 33.3 Å². The Kier molecular flexibility index (Phi) is 7.19. The molecule has 9 atom stereocenters. The largest absolute Gasteiger partial charge is 0.455 e. The number of aliphatic hydroxyl groups is 2. The number of ether oxygens (including phenoxy) is 4. The Bertz CT molecular complexity index is 1360. The highest BCUT2D eigenvalue weighted by Gasteiger charge is 2.78. The van der Waals surface area contributed by atoms with E-state index < -0.39 is 82.2 Å². The molecule has 1 aromatic carbocycles. The molecule has 0 aromatic heterocycles. The van der Waals surface area contributed by atoms with Crippen molar-refractivity contribution in [2.45, 2.75) is 96.2 Å². The second kappa shape index (κ2) is 9.96. The molecule has 42 heavy (non-hydrogen) atoms. The van der Waals surface area contributed by atoms with Gasteiger partial charge < -0.3 is 29.2 Å². The van der Waals surface area contributed by atoms with E-state index in [1.165, 1.54) is 19.1 Å². The first-order valence-electron chi connectivity index (χ1n) is 14.1. The molecule has 1 saturated heterocycles. The van der Waals surface area contributed by atoms with Gasteiger partial charge in [0.25, 0.3) is 0 Å². The molecule has 2 saturated carbocycles. The first kappa shape index (κ1) is 30.3. The summed E-state index contributed by atoms with van der Waals surface area (Å²) in [5.74, 6) is -4.78. The summed E-state index contributed by atoms with van der Waals surface area (Å²) in [6.07, 6.45) is -8.35. The molecule has 228 valence electrons. The summed E-state index contributed by atoms with van der Waals surface area (Å²) in [5, 5.41) is 24.1. The van der Waals surface area contributed by atoms with Crippen molar-refractivity contribution in [2.24, 2.45) is 16.7 Å². The smallest absolute Gasteiger partial charge is 0.338 e. The number of halogens is 1. The van der Waals surface area contributed by atoms with Crippen LogP contribution >= 0.6 is 0 Å². The highest BCUT2D eigenvalue weighted by molar-refractivity contribution is 5.95. The second-order valence-corrected chi connectivity index (χ2v) is 12.7. The number of hydrogen-bond donors (Lipinski definition) is 2. The molecule has 2 bridgehead atoms. The molecular formula is C31H37FO10. The van der Waals surface area contributed by atoms with Gasteiger partial charge in [0.15, 0.2) is 17.5 Å².